The number of Topliss-reactive ketones (excluding diaryl/α,β-unsaturated/α-hetero) is 1. The lowest BCUT2D eigenvalue weighted by atomic mass is 9.82. The Morgan fingerprint density at radius 1 is 1.33 bits per heavy atom. The summed E-state index contributed by atoms with van der Waals surface area (Å²) in [6.45, 7) is 7.10. The van der Waals surface area contributed by atoms with Crippen LogP contribution in [0.4, 0.5) is 0 Å². The third-order valence-electron chi connectivity index (χ3n) is 3.90. The minimum absolute atomic E-state index is 0.457. The second-order valence-corrected chi connectivity index (χ2v) is 6.03. The third kappa shape index (κ3) is 2.81. The highest BCUT2D eigenvalue weighted by atomic mass is 16.1. The number of hydrogen-bond donors (Lipinski definition) is 0. The highest BCUT2D eigenvalue weighted by molar-refractivity contribution is 5.79. The van der Waals surface area contributed by atoms with E-state index in [1.54, 1.807) is 0 Å². The number of hydrogen-bond acceptors (Lipinski definition) is 2. The standard InChI is InChI=1S/C13H23NO/c1-13(2)7-4-8-14(10-13)11-5-3-6-12(15)9-11/h11H,3-10H2,1-2H3. The van der Waals surface area contributed by atoms with Crippen molar-refractivity contribution >= 4 is 5.78 Å². The smallest absolute Gasteiger partial charge is 0.134 e. The molecule has 86 valence electrons. The molecule has 2 aliphatic rings. The van der Waals surface area contributed by atoms with Crippen LogP contribution in [0.1, 0.15) is 52.4 Å². The van der Waals surface area contributed by atoms with Gasteiger partial charge in [-0.15, -0.1) is 0 Å². The molecule has 15 heavy (non-hydrogen) atoms. The fourth-order valence-electron chi connectivity index (χ4n) is 3.09. The Morgan fingerprint density at radius 3 is 2.80 bits per heavy atom. The molecule has 1 atom stereocenters. The molecule has 2 heteroatoms. The van der Waals surface area contributed by atoms with Gasteiger partial charge in [-0.25, -0.2) is 0 Å². The van der Waals surface area contributed by atoms with Gasteiger partial charge in [0.1, 0.15) is 5.78 Å². The third-order valence-corrected chi connectivity index (χ3v) is 3.90. The quantitative estimate of drug-likeness (QED) is 0.661. The van der Waals surface area contributed by atoms with Crippen molar-refractivity contribution in [2.45, 2.75) is 58.4 Å². The SMILES string of the molecule is CC1(C)CCCN(C2CCCC(=O)C2)C1. The van der Waals surface area contributed by atoms with Gasteiger partial charge in [0.25, 0.3) is 0 Å². The van der Waals surface area contributed by atoms with Crippen LogP contribution in [0.3, 0.4) is 0 Å². The molecule has 0 aromatic carbocycles. The van der Waals surface area contributed by atoms with Gasteiger partial charge in [0.05, 0.1) is 0 Å². The van der Waals surface area contributed by atoms with Gasteiger partial charge in [-0.1, -0.05) is 13.8 Å². The molecule has 0 bridgehead atoms. The summed E-state index contributed by atoms with van der Waals surface area (Å²) in [6, 6.07) is 0.561. The van der Waals surface area contributed by atoms with Crippen LogP contribution in [0.2, 0.25) is 0 Å². The van der Waals surface area contributed by atoms with Crippen LogP contribution >= 0.6 is 0 Å². The largest absolute Gasteiger partial charge is 0.300 e. The topological polar surface area (TPSA) is 20.3 Å². The van der Waals surface area contributed by atoms with Crippen LogP contribution < -0.4 is 0 Å². The van der Waals surface area contributed by atoms with Crippen LogP contribution in [0, 0.1) is 5.41 Å². The molecule has 0 aromatic heterocycles. The lowest BCUT2D eigenvalue weighted by Crippen LogP contribution is -2.47. The summed E-state index contributed by atoms with van der Waals surface area (Å²) in [5, 5.41) is 0. The van der Waals surface area contributed by atoms with Gasteiger partial charge in [0.2, 0.25) is 0 Å². The summed E-state index contributed by atoms with van der Waals surface area (Å²) in [6.07, 6.45) is 6.63. The first-order valence-electron chi connectivity index (χ1n) is 6.33. The zero-order valence-electron chi connectivity index (χ0n) is 10.1. The molecule has 0 amide bonds. The molecule has 2 fully saturated rings. The molecule has 0 radical (unpaired) electrons. The molecular formula is C13H23NO. The maximum atomic E-state index is 11.5. The predicted molar refractivity (Wildman–Crippen MR) is 61.9 cm³/mol. The van der Waals surface area contributed by atoms with Gasteiger partial charge in [-0.3, -0.25) is 9.69 Å². The van der Waals surface area contributed by atoms with E-state index in [2.05, 4.69) is 18.7 Å². The lowest BCUT2D eigenvalue weighted by molar-refractivity contribution is -0.122. The minimum atomic E-state index is 0.457. The van der Waals surface area contributed by atoms with E-state index in [0.717, 1.165) is 19.3 Å². The maximum absolute atomic E-state index is 11.5. The number of nitrogens with zero attached hydrogens (tertiary/aromatic N) is 1. The average molecular weight is 209 g/mol. The van der Waals surface area contributed by atoms with E-state index >= 15 is 0 Å². The van der Waals surface area contributed by atoms with Crippen molar-refractivity contribution < 1.29 is 4.79 Å². The molecule has 1 aliphatic carbocycles. The van der Waals surface area contributed by atoms with E-state index < -0.39 is 0 Å². The van der Waals surface area contributed by atoms with Crippen LogP contribution in [0.25, 0.3) is 0 Å². The monoisotopic (exact) mass is 209 g/mol. The van der Waals surface area contributed by atoms with Crippen LogP contribution in [0.15, 0.2) is 0 Å². The normalized spacial score (nSPS) is 32.9. The Kier molecular flexibility index (Phi) is 3.15. The van der Waals surface area contributed by atoms with E-state index in [1.807, 2.05) is 0 Å². The molecule has 1 saturated carbocycles. The highest BCUT2D eigenvalue weighted by Gasteiger charge is 2.32. The Bertz CT molecular complexity index is 247. The lowest BCUT2D eigenvalue weighted by Gasteiger charge is -2.43. The zero-order valence-corrected chi connectivity index (χ0v) is 10.1. The number of rotatable bonds is 1. The summed E-state index contributed by atoms with van der Waals surface area (Å²) in [7, 11) is 0. The van der Waals surface area contributed by atoms with Gasteiger partial charge < -0.3 is 0 Å². The summed E-state index contributed by atoms with van der Waals surface area (Å²) in [5.41, 5.74) is 0.457. The average Bonchev–Trinajstić information content (AvgIpc) is 2.16. The van der Waals surface area contributed by atoms with E-state index in [-0.39, 0.29) is 0 Å². The van der Waals surface area contributed by atoms with Crippen LogP contribution in [-0.4, -0.2) is 29.8 Å². The molecule has 1 unspecified atom stereocenters. The molecule has 1 aliphatic heterocycles. The molecule has 0 aromatic rings. The summed E-state index contributed by atoms with van der Waals surface area (Å²) < 4.78 is 0. The second-order valence-electron chi connectivity index (χ2n) is 6.03. The van der Waals surface area contributed by atoms with Gasteiger partial charge in [-0.05, 0) is 37.6 Å². The molecular weight excluding hydrogens is 186 g/mol. The van der Waals surface area contributed by atoms with E-state index in [1.165, 1.54) is 32.4 Å². The first kappa shape index (κ1) is 11.1. The number of carbonyl (C=O) groups excluding carboxylic acids is 1. The number of carbonyl (C=O) groups is 1. The first-order chi connectivity index (χ1) is 7.07. The molecule has 0 spiro atoms. The van der Waals surface area contributed by atoms with E-state index in [4.69, 9.17) is 0 Å². The molecule has 0 N–H and O–H groups in total. The second kappa shape index (κ2) is 4.25. The van der Waals surface area contributed by atoms with Crippen molar-refractivity contribution in [3.63, 3.8) is 0 Å². The van der Waals surface area contributed by atoms with Crippen molar-refractivity contribution in [2.75, 3.05) is 13.1 Å². The highest BCUT2D eigenvalue weighted by Crippen LogP contribution is 2.32. The van der Waals surface area contributed by atoms with Crippen molar-refractivity contribution in [2.24, 2.45) is 5.41 Å². The Morgan fingerprint density at radius 2 is 2.13 bits per heavy atom. The molecule has 2 rings (SSSR count). The molecule has 2 nitrogen and oxygen atoms in total. The van der Waals surface area contributed by atoms with Crippen molar-refractivity contribution in [1.29, 1.82) is 0 Å². The zero-order chi connectivity index (χ0) is 10.9. The predicted octanol–water partition coefficient (Wildman–Crippen LogP) is 2.62. The van der Waals surface area contributed by atoms with E-state index in [9.17, 15) is 4.79 Å². The Balaban J connectivity index is 1.94. The summed E-state index contributed by atoms with van der Waals surface area (Å²) in [4.78, 5) is 14.0. The minimum Gasteiger partial charge on any atom is -0.300 e. The maximum Gasteiger partial charge on any atom is 0.134 e. The summed E-state index contributed by atoms with van der Waals surface area (Å²) in [5.74, 6) is 0.481. The van der Waals surface area contributed by atoms with Crippen LogP contribution in [-0.2, 0) is 4.79 Å². The van der Waals surface area contributed by atoms with Gasteiger partial charge in [-0.2, -0.15) is 0 Å². The Labute approximate surface area is 93.0 Å². The first-order valence-corrected chi connectivity index (χ1v) is 6.33. The van der Waals surface area contributed by atoms with Crippen LogP contribution in [0.5, 0.6) is 0 Å². The summed E-state index contributed by atoms with van der Waals surface area (Å²) >= 11 is 0. The molecule has 1 saturated heterocycles. The van der Waals surface area contributed by atoms with Gasteiger partial charge >= 0.3 is 0 Å². The van der Waals surface area contributed by atoms with Crippen molar-refractivity contribution in [3.05, 3.63) is 0 Å². The fourth-order valence-corrected chi connectivity index (χ4v) is 3.09. The number of ketones is 1. The van der Waals surface area contributed by atoms with Gasteiger partial charge in [0.15, 0.2) is 0 Å². The number of piperidine rings is 1. The van der Waals surface area contributed by atoms with Crippen molar-refractivity contribution in [1.82, 2.24) is 4.90 Å². The molecule has 1 heterocycles. The van der Waals surface area contributed by atoms with E-state index in [0.29, 0.717) is 17.2 Å². The fraction of sp³-hybridized carbons (Fsp3) is 0.923. The Hall–Kier alpha value is -0.370. The number of likely N-dealkylation sites (tertiary alicyclic amines) is 1. The van der Waals surface area contributed by atoms with Crippen molar-refractivity contribution in [3.8, 4) is 0 Å². The van der Waals surface area contributed by atoms with Gasteiger partial charge in [0, 0.05) is 25.4 Å².